The van der Waals surface area contributed by atoms with Crippen LogP contribution >= 0.6 is 7.82 Å². The molecule has 3 unspecified atom stereocenters. The topological polar surface area (TPSA) is 155 Å². The molecule has 0 rings (SSSR count). The summed E-state index contributed by atoms with van der Waals surface area (Å²) in [6.45, 7) is 4.58. The number of rotatable bonds is 49. The van der Waals surface area contributed by atoms with Crippen molar-refractivity contribution in [2.75, 3.05) is 26.4 Å². The van der Waals surface area contributed by atoms with Crippen LogP contribution in [0.1, 0.15) is 252 Å². The highest BCUT2D eigenvalue weighted by Crippen LogP contribution is 2.43. The van der Waals surface area contributed by atoms with Crippen LogP contribution in [-0.2, 0) is 42.2 Å². The summed E-state index contributed by atoms with van der Waals surface area (Å²) in [5.41, 5.74) is 0. The zero-order valence-electron chi connectivity index (χ0n) is 41.3. The number of carbonyl (C=O) groups excluding carboxylic acids is 3. The van der Waals surface area contributed by atoms with Gasteiger partial charge in [-0.15, -0.1) is 0 Å². The van der Waals surface area contributed by atoms with Gasteiger partial charge in [0, 0.05) is 19.3 Å². The number of phosphoric acid groups is 1. The molecular formula is C52H97O11P. The van der Waals surface area contributed by atoms with E-state index in [2.05, 4.69) is 45.1 Å². The van der Waals surface area contributed by atoms with E-state index < -0.39 is 57.8 Å². The molecule has 0 spiro atoms. The van der Waals surface area contributed by atoms with Crippen molar-refractivity contribution in [2.45, 2.75) is 264 Å². The quantitative estimate of drug-likeness (QED) is 0.0197. The first kappa shape index (κ1) is 62.0. The fourth-order valence-corrected chi connectivity index (χ4v) is 8.06. The van der Waals surface area contributed by atoms with Crippen molar-refractivity contribution in [1.82, 2.24) is 0 Å². The Labute approximate surface area is 391 Å². The number of ether oxygens (including phenoxy) is 3. The number of hydrogen-bond donors (Lipinski definition) is 2. The van der Waals surface area contributed by atoms with Crippen LogP contribution < -0.4 is 0 Å². The molecule has 0 amide bonds. The van der Waals surface area contributed by atoms with E-state index in [-0.39, 0.29) is 25.9 Å². The number of esters is 3. The van der Waals surface area contributed by atoms with Crippen molar-refractivity contribution in [3.63, 3.8) is 0 Å². The molecule has 0 heterocycles. The first-order valence-electron chi connectivity index (χ1n) is 26.2. The highest BCUT2D eigenvalue weighted by molar-refractivity contribution is 7.47. The molecule has 0 aliphatic heterocycles. The van der Waals surface area contributed by atoms with Crippen LogP contribution in [0.2, 0.25) is 0 Å². The van der Waals surface area contributed by atoms with Crippen molar-refractivity contribution in [3.8, 4) is 0 Å². The van der Waals surface area contributed by atoms with E-state index in [1.807, 2.05) is 0 Å². The van der Waals surface area contributed by atoms with Gasteiger partial charge in [-0.1, -0.05) is 193 Å². The molecule has 0 aromatic carbocycles. The van der Waals surface area contributed by atoms with Gasteiger partial charge in [-0.25, -0.2) is 4.57 Å². The molecule has 0 radical (unpaired) electrons. The lowest BCUT2D eigenvalue weighted by atomic mass is 10.0. The van der Waals surface area contributed by atoms with Gasteiger partial charge < -0.3 is 24.2 Å². The van der Waals surface area contributed by atoms with Crippen LogP contribution in [0.5, 0.6) is 0 Å². The van der Waals surface area contributed by atoms with E-state index in [0.717, 1.165) is 96.3 Å². The zero-order chi connectivity index (χ0) is 47.0. The highest BCUT2D eigenvalue weighted by atomic mass is 31.2. The highest BCUT2D eigenvalue weighted by Gasteiger charge is 2.28. The Hall–Kier alpha value is -2.04. The maximum absolute atomic E-state index is 12.8. The third-order valence-corrected chi connectivity index (χ3v) is 12.3. The summed E-state index contributed by atoms with van der Waals surface area (Å²) in [6, 6.07) is 0. The smallest absolute Gasteiger partial charge is 0.462 e. The lowest BCUT2D eigenvalue weighted by Gasteiger charge is -2.21. The fourth-order valence-electron chi connectivity index (χ4n) is 7.27. The molecule has 12 heteroatoms. The van der Waals surface area contributed by atoms with E-state index in [4.69, 9.17) is 23.3 Å². The molecule has 0 aromatic rings. The Balaban J connectivity index is 4.71. The van der Waals surface area contributed by atoms with Crippen LogP contribution in [-0.4, -0.2) is 66.5 Å². The van der Waals surface area contributed by atoms with E-state index in [0.29, 0.717) is 19.3 Å². The normalized spacial score (nSPS) is 13.6. The number of unbranched alkanes of at least 4 members (excludes halogenated alkanes) is 28. The summed E-state index contributed by atoms with van der Waals surface area (Å²) >= 11 is 0. The average Bonchev–Trinajstić information content (AvgIpc) is 3.28. The molecule has 0 saturated heterocycles. The van der Waals surface area contributed by atoms with Crippen LogP contribution in [0.25, 0.3) is 0 Å². The van der Waals surface area contributed by atoms with Gasteiger partial charge in [0.25, 0.3) is 0 Å². The minimum atomic E-state index is -4.73. The lowest BCUT2D eigenvalue weighted by molar-refractivity contribution is -0.161. The van der Waals surface area contributed by atoms with Crippen LogP contribution in [0, 0.1) is 0 Å². The predicted molar refractivity (Wildman–Crippen MR) is 261 cm³/mol. The number of hydrogen-bond acceptors (Lipinski definition) is 10. The fraction of sp³-hybridized carbons (Fsp3) is 0.865. The molecule has 0 saturated carbocycles. The standard InChI is InChI=1S/C52H97O11P/c1-4-7-10-13-16-19-22-24-27-30-33-36-39-42-51(55)62-48(44-53)46-60-64(57,58)61-47-49(45-59-50(54)41-38-35-32-29-26-21-18-15-12-9-6-3)63-52(56)43-40-37-34-31-28-25-23-20-17-14-11-8-5-2/h15,18,20,23,48-49,53H,4-14,16-17,19,21-22,24-47H2,1-3H3,(H,57,58)/b18-15-,23-20-. The molecule has 11 nitrogen and oxygen atoms in total. The number of allylic oxidation sites excluding steroid dienone is 4. The maximum Gasteiger partial charge on any atom is 0.472 e. The first-order valence-corrected chi connectivity index (χ1v) is 27.7. The van der Waals surface area contributed by atoms with E-state index in [9.17, 15) is 28.9 Å². The monoisotopic (exact) mass is 929 g/mol. The van der Waals surface area contributed by atoms with E-state index in [1.165, 1.54) is 96.3 Å². The lowest BCUT2D eigenvalue weighted by Crippen LogP contribution is -2.30. The molecule has 376 valence electrons. The molecule has 0 aliphatic rings. The summed E-state index contributed by atoms with van der Waals surface area (Å²) < 4.78 is 39.3. The van der Waals surface area contributed by atoms with Crippen molar-refractivity contribution in [1.29, 1.82) is 0 Å². The number of aliphatic hydroxyl groups is 1. The second-order valence-electron chi connectivity index (χ2n) is 17.7. The Morgan fingerprint density at radius 2 is 0.734 bits per heavy atom. The summed E-state index contributed by atoms with van der Waals surface area (Å²) in [6.07, 6.45) is 44.3. The minimum absolute atomic E-state index is 0.160. The van der Waals surface area contributed by atoms with Gasteiger partial charge in [0.2, 0.25) is 0 Å². The van der Waals surface area contributed by atoms with Crippen LogP contribution in [0.4, 0.5) is 0 Å². The Morgan fingerprint density at radius 3 is 1.14 bits per heavy atom. The van der Waals surface area contributed by atoms with Gasteiger partial charge in [-0.3, -0.25) is 23.4 Å². The van der Waals surface area contributed by atoms with Crippen molar-refractivity contribution < 1.29 is 52.2 Å². The van der Waals surface area contributed by atoms with Gasteiger partial charge in [0.15, 0.2) is 6.10 Å². The Bertz CT molecular complexity index is 1180. The molecular weight excluding hydrogens is 832 g/mol. The molecule has 3 atom stereocenters. The first-order chi connectivity index (χ1) is 31.2. The van der Waals surface area contributed by atoms with Crippen molar-refractivity contribution >= 4 is 25.7 Å². The minimum Gasteiger partial charge on any atom is -0.462 e. The van der Waals surface area contributed by atoms with Gasteiger partial charge in [-0.2, -0.15) is 0 Å². The molecule has 2 N–H and O–H groups in total. The SMILES string of the molecule is CCCC/C=C\CCCCCCCC(=O)OCC(COP(=O)(O)OCC(CO)OC(=O)CCCCCCCCCCCCCCC)OC(=O)CCCCCCC/C=C\CCCCCC. The second-order valence-corrected chi connectivity index (χ2v) is 19.1. The van der Waals surface area contributed by atoms with Crippen LogP contribution in [0.15, 0.2) is 24.3 Å². The molecule has 0 aliphatic carbocycles. The van der Waals surface area contributed by atoms with Crippen molar-refractivity contribution in [2.24, 2.45) is 0 Å². The predicted octanol–water partition coefficient (Wildman–Crippen LogP) is 14.7. The summed E-state index contributed by atoms with van der Waals surface area (Å²) in [5, 5.41) is 9.77. The van der Waals surface area contributed by atoms with E-state index >= 15 is 0 Å². The largest absolute Gasteiger partial charge is 0.472 e. The summed E-state index contributed by atoms with van der Waals surface area (Å²) in [7, 11) is -4.73. The Kier molecular flexibility index (Phi) is 45.9. The molecule has 0 bridgehead atoms. The number of phosphoric ester groups is 1. The Morgan fingerprint density at radius 1 is 0.422 bits per heavy atom. The third-order valence-electron chi connectivity index (χ3n) is 11.3. The van der Waals surface area contributed by atoms with Gasteiger partial charge in [0.1, 0.15) is 12.7 Å². The molecule has 0 aromatic heterocycles. The number of aliphatic hydroxyl groups excluding tert-OH is 1. The van der Waals surface area contributed by atoms with Crippen molar-refractivity contribution in [3.05, 3.63) is 24.3 Å². The second kappa shape index (κ2) is 47.5. The molecule has 0 fully saturated rings. The third kappa shape index (κ3) is 45.1. The average molecular weight is 929 g/mol. The van der Waals surface area contributed by atoms with Crippen LogP contribution in [0.3, 0.4) is 0 Å². The van der Waals surface area contributed by atoms with Gasteiger partial charge in [0.05, 0.1) is 19.8 Å². The van der Waals surface area contributed by atoms with Gasteiger partial charge >= 0.3 is 25.7 Å². The number of carbonyl (C=O) groups is 3. The zero-order valence-corrected chi connectivity index (χ0v) is 42.2. The summed E-state index contributed by atoms with van der Waals surface area (Å²) in [5.74, 6) is -1.47. The molecule has 64 heavy (non-hydrogen) atoms. The van der Waals surface area contributed by atoms with E-state index in [1.54, 1.807) is 0 Å². The maximum atomic E-state index is 12.8. The van der Waals surface area contributed by atoms with Gasteiger partial charge in [-0.05, 0) is 64.2 Å². The summed E-state index contributed by atoms with van der Waals surface area (Å²) in [4.78, 5) is 48.2.